The van der Waals surface area contributed by atoms with Crippen molar-refractivity contribution in [3.8, 4) is 0 Å². The highest BCUT2D eigenvalue weighted by Crippen LogP contribution is 2.34. The molecule has 2 atom stereocenters. The van der Waals surface area contributed by atoms with Crippen LogP contribution < -0.4 is 0 Å². The molecule has 2 rings (SSSR count). The summed E-state index contributed by atoms with van der Waals surface area (Å²) in [5.74, 6) is -0.728. The lowest BCUT2D eigenvalue weighted by atomic mass is 9.86. The van der Waals surface area contributed by atoms with Crippen molar-refractivity contribution < 1.29 is 9.90 Å². The molecular formula is C13H16O2. The van der Waals surface area contributed by atoms with E-state index in [0.29, 0.717) is 0 Å². The van der Waals surface area contributed by atoms with Gasteiger partial charge in [0, 0.05) is 0 Å². The molecule has 1 aromatic carbocycles. The number of rotatable bonds is 1. The first kappa shape index (κ1) is 10.2. The van der Waals surface area contributed by atoms with Gasteiger partial charge in [0.2, 0.25) is 0 Å². The van der Waals surface area contributed by atoms with E-state index in [4.69, 9.17) is 5.11 Å². The molecule has 1 aromatic rings. The van der Waals surface area contributed by atoms with Crippen LogP contribution in [0.2, 0.25) is 0 Å². The smallest absolute Gasteiger partial charge is 0.307 e. The second kappa shape index (κ2) is 4.05. The summed E-state index contributed by atoms with van der Waals surface area (Å²) in [6.07, 6.45) is 2.80. The number of benzene rings is 1. The number of carboxylic acid groups (broad SMARTS) is 1. The molecule has 0 saturated heterocycles. The van der Waals surface area contributed by atoms with Crippen LogP contribution in [0.1, 0.15) is 36.8 Å². The molecule has 0 fully saturated rings. The van der Waals surface area contributed by atoms with Gasteiger partial charge in [0.15, 0.2) is 0 Å². The Kier molecular flexibility index (Phi) is 2.76. The average Bonchev–Trinajstić information content (AvgIpc) is 2.39. The van der Waals surface area contributed by atoms with Crippen molar-refractivity contribution >= 4 is 5.97 Å². The summed E-state index contributed by atoms with van der Waals surface area (Å²) in [4.78, 5) is 11.1. The highest BCUT2D eigenvalue weighted by atomic mass is 16.4. The number of hydrogen-bond acceptors (Lipinski definition) is 1. The lowest BCUT2D eigenvalue weighted by molar-refractivity contribution is -0.142. The molecule has 0 saturated carbocycles. The maximum atomic E-state index is 11.1. The fourth-order valence-corrected chi connectivity index (χ4v) is 2.52. The number of carbonyl (C=O) groups is 1. The molecular weight excluding hydrogens is 188 g/mol. The topological polar surface area (TPSA) is 37.3 Å². The Morgan fingerprint density at radius 2 is 2.13 bits per heavy atom. The van der Waals surface area contributed by atoms with Crippen molar-refractivity contribution in [3.05, 3.63) is 35.4 Å². The van der Waals surface area contributed by atoms with Crippen molar-refractivity contribution in [1.29, 1.82) is 0 Å². The van der Waals surface area contributed by atoms with E-state index in [1.54, 1.807) is 0 Å². The van der Waals surface area contributed by atoms with Gasteiger partial charge in [0.25, 0.3) is 0 Å². The lowest BCUT2D eigenvalue weighted by Gasteiger charge is -2.18. The molecule has 2 heteroatoms. The Morgan fingerprint density at radius 3 is 2.87 bits per heavy atom. The number of hydrogen-bond donors (Lipinski definition) is 1. The van der Waals surface area contributed by atoms with Gasteiger partial charge in [-0.3, -0.25) is 4.79 Å². The second-order valence-electron chi connectivity index (χ2n) is 4.32. The minimum absolute atomic E-state index is 0.140. The summed E-state index contributed by atoms with van der Waals surface area (Å²) >= 11 is 0. The fourth-order valence-electron chi connectivity index (χ4n) is 2.52. The maximum Gasteiger partial charge on any atom is 0.307 e. The summed E-state index contributed by atoms with van der Waals surface area (Å²) in [5, 5.41) is 9.16. The van der Waals surface area contributed by atoms with Crippen molar-refractivity contribution in [2.75, 3.05) is 0 Å². The fraction of sp³-hybridized carbons (Fsp3) is 0.462. The van der Waals surface area contributed by atoms with Gasteiger partial charge < -0.3 is 5.11 Å². The standard InChI is InChI=1S/C13H16O2/c1-9-11-7-3-2-5-10(11)6-4-8-12(9)13(14)15/h2-3,5,7,9,12H,4,6,8H2,1H3,(H,14,15). The predicted molar refractivity (Wildman–Crippen MR) is 58.9 cm³/mol. The summed E-state index contributed by atoms with van der Waals surface area (Å²) in [5.41, 5.74) is 2.55. The van der Waals surface area contributed by atoms with Gasteiger partial charge in [-0.25, -0.2) is 0 Å². The molecule has 15 heavy (non-hydrogen) atoms. The second-order valence-corrected chi connectivity index (χ2v) is 4.32. The van der Waals surface area contributed by atoms with Gasteiger partial charge in [-0.1, -0.05) is 31.2 Å². The molecule has 80 valence electrons. The minimum atomic E-state index is -0.654. The van der Waals surface area contributed by atoms with E-state index >= 15 is 0 Å². The highest BCUT2D eigenvalue weighted by Gasteiger charge is 2.28. The molecule has 1 N–H and O–H groups in total. The van der Waals surface area contributed by atoms with Crippen molar-refractivity contribution in [1.82, 2.24) is 0 Å². The number of carboxylic acids is 1. The molecule has 1 aliphatic carbocycles. The van der Waals surface area contributed by atoms with Crippen LogP contribution in [0.5, 0.6) is 0 Å². The Bertz CT molecular complexity index is 371. The number of aliphatic carboxylic acids is 1. The Morgan fingerprint density at radius 1 is 1.40 bits per heavy atom. The van der Waals surface area contributed by atoms with Crippen LogP contribution in [-0.4, -0.2) is 11.1 Å². The van der Waals surface area contributed by atoms with Crippen molar-refractivity contribution in [2.45, 2.75) is 32.1 Å². The molecule has 0 aromatic heterocycles. The Balaban J connectivity index is 2.38. The largest absolute Gasteiger partial charge is 0.481 e. The lowest BCUT2D eigenvalue weighted by Crippen LogP contribution is -2.19. The van der Waals surface area contributed by atoms with E-state index in [1.807, 2.05) is 19.1 Å². The van der Waals surface area contributed by atoms with Crippen molar-refractivity contribution in [2.24, 2.45) is 5.92 Å². The van der Waals surface area contributed by atoms with Gasteiger partial charge in [0.1, 0.15) is 0 Å². The van der Waals surface area contributed by atoms with Crippen LogP contribution in [0.3, 0.4) is 0 Å². The third kappa shape index (κ3) is 1.89. The van der Waals surface area contributed by atoms with Gasteiger partial charge in [-0.15, -0.1) is 0 Å². The average molecular weight is 204 g/mol. The first-order valence-electron chi connectivity index (χ1n) is 5.50. The Hall–Kier alpha value is -1.31. The third-order valence-corrected chi connectivity index (χ3v) is 3.43. The monoisotopic (exact) mass is 204 g/mol. The molecule has 2 unspecified atom stereocenters. The van der Waals surface area contributed by atoms with Crippen LogP contribution in [0.4, 0.5) is 0 Å². The van der Waals surface area contributed by atoms with Gasteiger partial charge in [0.05, 0.1) is 5.92 Å². The predicted octanol–water partition coefficient (Wildman–Crippen LogP) is 2.83. The summed E-state index contributed by atoms with van der Waals surface area (Å²) < 4.78 is 0. The number of fused-ring (bicyclic) bond motifs is 1. The summed E-state index contributed by atoms with van der Waals surface area (Å²) in [6.45, 7) is 2.03. The molecule has 2 nitrogen and oxygen atoms in total. The van der Waals surface area contributed by atoms with E-state index in [1.165, 1.54) is 11.1 Å². The van der Waals surface area contributed by atoms with E-state index in [2.05, 4.69) is 12.1 Å². The van der Waals surface area contributed by atoms with E-state index < -0.39 is 5.97 Å². The van der Waals surface area contributed by atoms with Crippen molar-refractivity contribution in [3.63, 3.8) is 0 Å². The summed E-state index contributed by atoms with van der Waals surface area (Å²) in [7, 11) is 0. The van der Waals surface area contributed by atoms with Crippen LogP contribution in [0.15, 0.2) is 24.3 Å². The molecule has 0 heterocycles. The zero-order valence-corrected chi connectivity index (χ0v) is 8.94. The van der Waals surface area contributed by atoms with Gasteiger partial charge in [-0.2, -0.15) is 0 Å². The van der Waals surface area contributed by atoms with E-state index in [9.17, 15) is 4.79 Å². The van der Waals surface area contributed by atoms with E-state index in [-0.39, 0.29) is 11.8 Å². The van der Waals surface area contributed by atoms with Crippen LogP contribution in [-0.2, 0) is 11.2 Å². The highest BCUT2D eigenvalue weighted by molar-refractivity contribution is 5.71. The molecule has 0 amide bonds. The van der Waals surface area contributed by atoms with Crippen LogP contribution in [0.25, 0.3) is 0 Å². The summed E-state index contributed by atoms with van der Waals surface area (Å²) in [6, 6.07) is 8.23. The first-order valence-corrected chi connectivity index (χ1v) is 5.50. The third-order valence-electron chi connectivity index (χ3n) is 3.43. The molecule has 0 spiro atoms. The van der Waals surface area contributed by atoms with Crippen LogP contribution in [0, 0.1) is 5.92 Å². The Labute approximate surface area is 89.9 Å². The minimum Gasteiger partial charge on any atom is -0.481 e. The zero-order valence-electron chi connectivity index (χ0n) is 8.94. The maximum absolute atomic E-state index is 11.1. The quantitative estimate of drug-likeness (QED) is 0.714. The molecule has 0 bridgehead atoms. The molecule has 0 aliphatic heterocycles. The molecule has 1 aliphatic rings. The zero-order chi connectivity index (χ0) is 10.8. The van der Waals surface area contributed by atoms with Gasteiger partial charge >= 0.3 is 5.97 Å². The first-order chi connectivity index (χ1) is 7.20. The molecule has 0 radical (unpaired) electrons. The van der Waals surface area contributed by atoms with Crippen LogP contribution >= 0.6 is 0 Å². The van der Waals surface area contributed by atoms with E-state index in [0.717, 1.165) is 19.3 Å². The normalized spacial score (nSPS) is 25.4. The number of aryl methyl sites for hydroxylation is 1. The van der Waals surface area contributed by atoms with Gasteiger partial charge in [-0.05, 0) is 36.3 Å². The SMILES string of the molecule is CC1c2ccccc2CCCC1C(=O)O.